The third-order valence-electron chi connectivity index (χ3n) is 4.68. The van der Waals surface area contributed by atoms with Crippen LogP contribution in [0.3, 0.4) is 0 Å². The Labute approximate surface area is 155 Å². The highest BCUT2D eigenvalue weighted by Gasteiger charge is 2.20. The van der Waals surface area contributed by atoms with Crippen LogP contribution in [0.5, 0.6) is 0 Å². The highest BCUT2D eigenvalue weighted by molar-refractivity contribution is 5.79. The van der Waals surface area contributed by atoms with Crippen molar-refractivity contribution in [3.63, 3.8) is 0 Å². The second-order valence-electron chi connectivity index (χ2n) is 7.81. The molecule has 0 aliphatic carbocycles. The number of morpholine rings is 1. The van der Waals surface area contributed by atoms with E-state index in [1.165, 1.54) is 6.42 Å². The molecule has 0 spiro atoms. The van der Waals surface area contributed by atoms with Crippen molar-refractivity contribution in [3.8, 4) is 0 Å². The Morgan fingerprint density at radius 1 is 1.24 bits per heavy atom. The molecule has 1 fully saturated rings. The van der Waals surface area contributed by atoms with E-state index in [2.05, 4.69) is 60.2 Å². The molecule has 25 heavy (non-hydrogen) atoms. The first kappa shape index (κ1) is 22.2. The lowest BCUT2D eigenvalue weighted by Crippen LogP contribution is -2.50. The second-order valence-corrected chi connectivity index (χ2v) is 7.81. The molecule has 0 aromatic heterocycles. The fourth-order valence-corrected chi connectivity index (χ4v) is 2.97. The topological polar surface area (TPSA) is 52.1 Å². The summed E-state index contributed by atoms with van der Waals surface area (Å²) in [6, 6.07) is 0.619. The Morgan fingerprint density at radius 3 is 2.64 bits per heavy atom. The van der Waals surface area contributed by atoms with E-state index in [1.54, 1.807) is 0 Å². The lowest BCUT2D eigenvalue weighted by atomic mass is 10.2. The van der Waals surface area contributed by atoms with Crippen molar-refractivity contribution in [2.24, 2.45) is 10.9 Å². The van der Waals surface area contributed by atoms with E-state index in [0.717, 1.165) is 58.3 Å². The van der Waals surface area contributed by atoms with Crippen LogP contribution in [0.4, 0.5) is 0 Å². The Morgan fingerprint density at radius 2 is 2.00 bits per heavy atom. The molecule has 1 aliphatic rings. The van der Waals surface area contributed by atoms with Gasteiger partial charge in [-0.05, 0) is 46.2 Å². The molecule has 1 unspecified atom stereocenters. The lowest BCUT2D eigenvalue weighted by Gasteiger charge is -2.34. The molecule has 0 amide bonds. The summed E-state index contributed by atoms with van der Waals surface area (Å²) >= 11 is 0. The van der Waals surface area contributed by atoms with E-state index in [1.807, 2.05) is 7.05 Å². The van der Waals surface area contributed by atoms with Gasteiger partial charge in [-0.15, -0.1) is 0 Å². The zero-order valence-electron chi connectivity index (χ0n) is 17.3. The van der Waals surface area contributed by atoms with Gasteiger partial charge in [0.05, 0.1) is 12.7 Å². The molecule has 0 aromatic rings. The van der Waals surface area contributed by atoms with Crippen molar-refractivity contribution < 1.29 is 4.74 Å². The summed E-state index contributed by atoms with van der Waals surface area (Å²) in [6.45, 7) is 16.0. The summed E-state index contributed by atoms with van der Waals surface area (Å²) in [6.07, 6.45) is 2.60. The quantitative estimate of drug-likeness (QED) is 0.354. The van der Waals surface area contributed by atoms with E-state index in [9.17, 15) is 0 Å². The van der Waals surface area contributed by atoms with Gasteiger partial charge in [0, 0.05) is 45.8 Å². The fraction of sp³-hybridized carbons (Fsp3) is 0.947. The largest absolute Gasteiger partial charge is 0.374 e. The van der Waals surface area contributed by atoms with Crippen molar-refractivity contribution >= 4 is 5.96 Å². The number of hydrogen-bond donors (Lipinski definition) is 2. The number of hydrogen-bond acceptors (Lipinski definition) is 4. The molecule has 148 valence electrons. The average molecular weight is 356 g/mol. The highest BCUT2D eigenvalue weighted by Crippen LogP contribution is 2.07. The van der Waals surface area contributed by atoms with Crippen molar-refractivity contribution in [3.05, 3.63) is 0 Å². The number of nitrogens with zero attached hydrogens (tertiary/aromatic N) is 3. The molecule has 6 heteroatoms. The van der Waals surface area contributed by atoms with Gasteiger partial charge in [-0.25, -0.2) is 0 Å². The van der Waals surface area contributed by atoms with Crippen molar-refractivity contribution in [1.29, 1.82) is 0 Å². The molecule has 1 rings (SSSR count). The monoisotopic (exact) mass is 355 g/mol. The van der Waals surface area contributed by atoms with Gasteiger partial charge in [-0.3, -0.25) is 9.89 Å². The third-order valence-corrected chi connectivity index (χ3v) is 4.68. The number of ether oxygens (including phenoxy) is 1. The van der Waals surface area contributed by atoms with Crippen molar-refractivity contribution in [1.82, 2.24) is 20.4 Å². The maximum absolute atomic E-state index is 5.88. The van der Waals surface area contributed by atoms with Crippen LogP contribution < -0.4 is 10.6 Å². The molecular weight excluding hydrogens is 314 g/mol. The zero-order chi connectivity index (χ0) is 18.7. The van der Waals surface area contributed by atoms with E-state index < -0.39 is 0 Å². The maximum atomic E-state index is 5.88. The minimum Gasteiger partial charge on any atom is -0.374 e. The summed E-state index contributed by atoms with van der Waals surface area (Å²) in [4.78, 5) is 9.20. The SMILES string of the molecule is CN=C(NCCCCN(C)C(C)C)NCC1CN(CC(C)C)CCO1. The summed E-state index contributed by atoms with van der Waals surface area (Å²) in [5.41, 5.74) is 0. The van der Waals surface area contributed by atoms with Gasteiger partial charge >= 0.3 is 0 Å². The first-order chi connectivity index (χ1) is 11.9. The average Bonchev–Trinajstić information content (AvgIpc) is 2.56. The van der Waals surface area contributed by atoms with E-state index in [-0.39, 0.29) is 6.10 Å². The minimum atomic E-state index is 0.241. The molecule has 1 aliphatic heterocycles. The summed E-state index contributed by atoms with van der Waals surface area (Å²) < 4.78 is 5.88. The number of unbranched alkanes of at least 4 members (excludes halogenated alkanes) is 1. The molecule has 1 atom stereocenters. The predicted molar refractivity (Wildman–Crippen MR) is 107 cm³/mol. The van der Waals surface area contributed by atoms with Gasteiger partial charge in [-0.1, -0.05) is 13.8 Å². The van der Waals surface area contributed by atoms with Crippen LogP contribution in [0.2, 0.25) is 0 Å². The molecular formula is C19H41N5O. The molecule has 0 saturated carbocycles. The fourth-order valence-electron chi connectivity index (χ4n) is 2.97. The summed E-state index contributed by atoms with van der Waals surface area (Å²) in [5, 5.41) is 6.81. The van der Waals surface area contributed by atoms with Crippen LogP contribution in [-0.4, -0.2) is 87.9 Å². The zero-order valence-corrected chi connectivity index (χ0v) is 17.3. The van der Waals surface area contributed by atoms with Gasteiger partial charge in [0.15, 0.2) is 5.96 Å². The normalized spacial score (nSPS) is 19.9. The van der Waals surface area contributed by atoms with Gasteiger partial charge < -0.3 is 20.3 Å². The van der Waals surface area contributed by atoms with Crippen LogP contribution in [0.15, 0.2) is 4.99 Å². The Bertz CT molecular complexity index is 373. The van der Waals surface area contributed by atoms with Gasteiger partial charge in [0.1, 0.15) is 0 Å². The number of rotatable bonds is 10. The molecule has 0 aromatic carbocycles. The smallest absolute Gasteiger partial charge is 0.191 e. The third kappa shape index (κ3) is 10.0. The molecule has 1 saturated heterocycles. The van der Waals surface area contributed by atoms with E-state index >= 15 is 0 Å². The standard InChI is InChI=1S/C19H41N5O/c1-16(2)14-24-11-12-25-18(15-24)13-22-19(20-5)21-9-7-8-10-23(6)17(3)4/h16-18H,7-15H2,1-6H3,(H2,20,21,22). The molecule has 1 heterocycles. The molecule has 2 N–H and O–H groups in total. The van der Waals surface area contributed by atoms with Crippen molar-refractivity contribution in [2.75, 3.05) is 60.0 Å². The highest BCUT2D eigenvalue weighted by atomic mass is 16.5. The number of nitrogens with one attached hydrogen (secondary N) is 2. The van der Waals surface area contributed by atoms with Crippen molar-refractivity contribution in [2.45, 2.75) is 52.7 Å². The Kier molecular flexibility index (Phi) is 11.1. The minimum absolute atomic E-state index is 0.241. The first-order valence-electron chi connectivity index (χ1n) is 9.91. The van der Waals surface area contributed by atoms with E-state index in [4.69, 9.17) is 4.74 Å². The van der Waals surface area contributed by atoms with Gasteiger partial charge in [0.25, 0.3) is 0 Å². The van der Waals surface area contributed by atoms with Crippen LogP contribution >= 0.6 is 0 Å². The molecule has 6 nitrogen and oxygen atoms in total. The van der Waals surface area contributed by atoms with Crippen LogP contribution in [0, 0.1) is 5.92 Å². The first-order valence-corrected chi connectivity index (χ1v) is 9.91. The predicted octanol–water partition coefficient (Wildman–Crippen LogP) is 1.63. The number of aliphatic imine (C=N–C) groups is 1. The Balaban J connectivity index is 2.17. The maximum Gasteiger partial charge on any atom is 0.191 e. The molecule has 0 radical (unpaired) electrons. The summed E-state index contributed by atoms with van der Waals surface area (Å²) in [7, 11) is 4.01. The summed E-state index contributed by atoms with van der Waals surface area (Å²) in [5.74, 6) is 1.58. The van der Waals surface area contributed by atoms with Crippen LogP contribution in [0.25, 0.3) is 0 Å². The van der Waals surface area contributed by atoms with Gasteiger partial charge in [0.2, 0.25) is 0 Å². The lowest BCUT2D eigenvalue weighted by molar-refractivity contribution is -0.0284. The Hall–Kier alpha value is -0.850. The van der Waals surface area contributed by atoms with Crippen LogP contribution in [0.1, 0.15) is 40.5 Å². The molecule has 0 bridgehead atoms. The number of guanidine groups is 1. The van der Waals surface area contributed by atoms with E-state index in [0.29, 0.717) is 12.0 Å². The second kappa shape index (κ2) is 12.5. The van der Waals surface area contributed by atoms with Crippen LogP contribution in [-0.2, 0) is 4.74 Å². The van der Waals surface area contributed by atoms with Gasteiger partial charge in [-0.2, -0.15) is 0 Å².